The maximum Gasteiger partial charge on any atom is 0.244 e. The first kappa shape index (κ1) is 25.0. The minimum Gasteiger partial charge on any atom is -0.415 e. The molecule has 1 atom stereocenters. The molecule has 4 nitrogen and oxygen atoms in total. The van der Waals surface area contributed by atoms with Gasteiger partial charge in [-0.25, -0.2) is 9.48 Å². The van der Waals surface area contributed by atoms with Crippen LogP contribution in [-0.2, 0) is 4.43 Å². The van der Waals surface area contributed by atoms with Gasteiger partial charge in [0, 0.05) is 6.54 Å². The standard InChI is InChI=1S/C29H44N3OSi/c1-22-18-23(2)28(24(3)19-22)31-17-16-30(21-31)26-13-9-10-14-27(26)32-15-11-12-25(32)20-33-34(7,8)29(4,5)6/h9-10,13-14,18-19,21,25H,11-12,15-17,20H2,1-8H3/q+1/t25-/m0/s1. The molecule has 0 bridgehead atoms. The van der Waals surface area contributed by atoms with E-state index in [0.717, 1.165) is 26.2 Å². The van der Waals surface area contributed by atoms with Gasteiger partial charge in [0.05, 0.1) is 18.3 Å². The average molecular weight is 479 g/mol. The van der Waals surface area contributed by atoms with E-state index in [-0.39, 0.29) is 5.04 Å². The molecule has 0 radical (unpaired) electrons. The summed E-state index contributed by atoms with van der Waals surface area (Å²) >= 11 is 0. The molecule has 0 spiro atoms. The van der Waals surface area contributed by atoms with Crippen LogP contribution < -0.4 is 9.80 Å². The predicted molar refractivity (Wildman–Crippen MR) is 149 cm³/mol. The van der Waals surface area contributed by atoms with Crippen LogP contribution in [0.15, 0.2) is 36.4 Å². The van der Waals surface area contributed by atoms with E-state index in [0.29, 0.717) is 6.04 Å². The Kier molecular flexibility index (Phi) is 6.98. The van der Waals surface area contributed by atoms with Gasteiger partial charge in [-0.3, -0.25) is 0 Å². The van der Waals surface area contributed by atoms with Crippen molar-refractivity contribution >= 4 is 31.7 Å². The van der Waals surface area contributed by atoms with Crippen LogP contribution in [-0.4, -0.2) is 51.5 Å². The van der Waals surface area contributed by atoms with Crippen LogP contribution in [0, 0.1) is 20.8 Å². The third-order valence-corrected chi connectivity index (χ3v) is 12.6. The Bertz CT molecular complexity index is 1050. The van der Waals surface area contributed by atoms with Crippen molar-refractivity contribution in [1.82, 2.24) is 0 Å². The SMILES string of the molecule is Cc1cc(C)c([N+]2=CN(c3ccccc3N3CCC[C@H]3CO[Si](C)(C)C(C)(C)C)CC2)c(C)c1. The summed E-state index contributed by atoms with van der Waals surface area (Å²) in [6.45, 7) is 22.3. The van der Waals surface area contributed by atoms with E-state index in [1.54, 1.807) is 0 Å². The molecule has 1 saturated heterocycles. The molecule has 0 N–H and O–H groups in total. The van der Waals surface area contributed by atoms with Crippen LogP contribution in [0.25, 0.3) is 0 Å². The van der Waals surface area contributed by atoms with E-state index in [1.165, 1.54) is 46.6 Å². The second kappa shape index (κ2) is 9.50. The zero-order valence-corrected chi connectivity index (χ0v) is 23.6. The van der Waals surface area contributed by atoms with E-state index in [1.807, 2.05) is 0 Å². The molecular weight excluding hydrogens is 434 g/mol. The number of rotatable bonds is 6. The number of anilines is 2. The highest BCUT2D eigenvalue weighted by Gasteiger charge is 2.39. The van der Waals surface area contributed by atoms with Gasteiger partial charge in [0.1, 0.15) is 24.5 Å². The third-order valence-electron chi connectivity index (χ3n) is 8.10. The highest BCUT2D eigenvalue weighted by molar-refractivity contribution is 6.74. The summed E-state index contributed by atoms with van der Waals surface area (Å²) in [7, 11) is -1.75. The molecule has 0 aromatic heterocycles. The summed E-state index contributed by atoms with van der Waals surface area (Å²) in [5, 5.41) is 0.245. The number of hydrogen-bond donors (Lipinski definition) is 0. The van der Waals surface area contributed by atoms with Crippen molar-refractivity contribution in [1.29, 1.82) is 0 Å². The Morgan fingerprint density at radius 1 is 1.00 bits per heavy atom. The molecule has 1 fully saturated rings. The molecule has 0 amide bonds. The van der Waals surface area contributed by atoms with E-state index in [9.17, 15) is 0 Å². The van der Waals surface area contributed by atoms with Gasteiger partial charge in [0.25, 0.3) is 0 Å². The fourth-order valence-electron chi connectivity index (χ4n) is 5.27. The maximum absolute atomic E-state index is 6.67. The van der Waals surface area contributed by atoms with Crippen molar-refractivity contribution in [2.75, 3.05) is 36.0 Å². The Labute approximate surface area is 208 Å². The zero-order chi connectivity index (χ0) is 24.7. The van der Waals surface area contributed by atoms with Gasteiger partial charge in [0.2, 0.25) is 6.34 Å². The summed E-state index contributed by atoms with van der Waals surface area (Å²) in [5.74, 6) is 0. The monoisotopic (exact) mass is 478 g/mol. The first-order chi connectivity index (χ1) is 16.0. The van der Waals surface area contributed by atoms with E-state index < -0.39 is 8.32 Å². The van der Waals surface area contributed by atoms with Crippen molar-refractivity contribution in [3.8, 4) is 0 Å². The van der Waals surface area contributed by atoms with E-state index >= 15 is 0 Å². The van der Waals surface area contributed by atoms with Crippen molar-refractivity contribution in [3.05, 3.63) is 53.1 Å². The molecule has 5 heteroatoms. The lowest BCUT2D eigenvalue weighted by atomic mass is 10.0. The zero-order valence-electron chi connectivity index (χ0n) is 22.6. The first-order valence-electron chi connectivity index (χ1n) is 12.9. The van der Waals surface area contributed by atoms with Gasteiger partial charge >= 0.3 is 0 Å². The molecule has 2 aromatic rings. The molecule has 2 aromatic carbocycles. The fourth-order valence-corrected chi connectivity index (χ4v) is 6.32. The Balaban J connectivity index is 1.58. The quantitative estimate of drug-likeness (QED) is 0.336. The molecule has 0 aliphatic carbocycles. The summed E-state index contributed by atoms with van der Waals surface area (Å²) < 4.78 is 9.11. The van der Waals surface area contributed by atoms with Crippen LogP contribution >= 0.6 is 0 Å². The minimum atomic E-state index is -1.75. The van der Waals surface area contributed by atoms with Gasteiger partial charge in [-0.05, 0) is 75.0 Å². The Morgan fingerprint density at radius 3 is 2.29 bits per heavy atom. The van der Waals surface area contributed by atoms with E-state index in [2.05, 4.69) is 112 Å². The lowest BCUT2D eigenvalue weighted by Gasteiger charge is -2.38. The topological polar surface area (TPSA) is 18.7 Å². The van der Waals surface area contributed by atoms with Crippen molar-refractivity contribution in [2.45, 2.75) is 78.6 Å². The lowest BCUT2D eigenvalue weighted by Crippen LogP contribution is -2.45. The second-order valence-electron chi connectivity index (χ2n) is 11.8. The summed E-state index contributed by atoms with van der Waals surface area (Å²) in [5.41, 5.74) is 8.05. The van der Waals surface area contributed by atoms with Crippen LogP contribution in [0.1, 0.15) is 50.3 Å². The molecular formula is C29H44N3OSi+. The molecule has 2 aliphatic rings. The van der Waals surface area contributed by atoms with Gasteiger partial charge in [-0.2, -0.15) is 0 Å². The van der Waals surface area contributed by atoms with Crippen molar-refractivity contribution < 1.29 is 9.00 Å². The second-order valence-corrected chi connectivity index (χ2v) is 16.6. The largest absolute Gasteiger partial charge is 0.415 e. The van der Waals surface area contributed by atoms with Crippen molar-refractivity contribution in [2.24, 2.45) is 0 Å². The number of para-hydroxylation sites is 2. The van der Waals surface area contributed by atoms with Crippen LogP contribution in [0.4, 0.5) is 17.1 Å². The molecule has 4 rings (SSSR count). The van der Waals surface area contributed by atoms with Crippen molar-refractivity contribution in [3.63, 3.8) is 0 Å². The summed E-state index contributed by atoms with van der Waals surface area (Å²) in [4.78, 5) is 5.06. The summed E-state index contributed by atoms with van der Waals surface area (Å²) in [6.07, 6.45) is 4.76. The van der Waals surface area contributed by atoms with Crippen LogP contribution in [0.5, 0.6) is 0 Å². The Morgan fingerprint density at radius 2 is 1.65 bits per heavy atom. The number of hydrogen-bond acceptors (Lipinski definition) is 3. The van der Waals surface area contributed by atoms with Gasteiger partial charge in [0.15, 0.2) is 8.32 Å². The van der Waals surface area contributed by atoms with Crippen LogP contribution in [0.2, 0.25) is 18.1 Å². The molecule has 0 unspecified atom stereocenters. The van der Waals surface area contributed by atoms with Gasteiger partial charge in [-0.1, -0.05) is 50.6 Å². The normalized spacial score (nSPS) is 19.2. The fraction of sp³-hybridized carbons (Fsp3) is 0.552. The van der Waals surface area contributed by atoms with Gasteiger partial charge in [-0.15, -0.1) is 0 Å². The molecule has 2 aliphatic heterocycles. The maximum atomic E-state index is 6.67. The third kappa shape index (κ3) is 4.96. The van der Waals surface area contributed by atoms with Crippen LogP contribution in [0.3, 0.4) is 0 Å². The molecule has 2 heterocycles. The number of nitrogens with zero attached hydrogens (tertiary/aromatic N) is 3. The highest BCUT2D eigenvalue weighted by Crippen LogP contribution is 2.39. The molecule has 184 valence electrons. The summed E-state index contributed by atoms with van der Waals surface area (Å²) in [6, 6.07) is 14.0. The highest BCUT2D eigenvalue weighted by atomic mass is 28.4. The van der Waals surface area contributed by atoms with E-state index in [4.69, 9.17) is 4.43 Å². The first-order valence-corrected chi connectivity index (χ1v) is 15.8. The smallest absolute Gasteiger partial charge is 0.244 e. The molecule has 34 heavy (non-hydrogen) atoms. The predicted octanol–water partition coefficient (Wildman–Crippen LogP) is 6.79. The average Bonchev–Trinajstić information content (AvgIpc) is 3.40. The Hall–Kier alpha value is -2.11. The minimum absolute atomic E-state index is 0.245. The van der Waals surface area contributed by atoms with Gasteiger partial charge < -0.3 is 9.33 Å². The number of aryl methyl sites for hydroxylation is 3. The lowest BCUT2D eigenvalue weighted by molar-refractivity contribution is -0.425. The number of benzene rings is 2. The molecule has 0 saturated carbocycles.